The lowest BCUT2D eigenvalue weighted by Gasteiger charge is -2.14. The summed E-state index contributed by atoms with van der Waals surface area (Å²) >= 11 is 0. The van der Waals surface area contributed by atoms with Gasteiger partial charge in [-0.1, -0.05) is 13.0 Å². The number of aromatic nitrogens is 3. The zero-order chi connectivity index (χ0) is 24.3. The van der Waals surface area contributed by atoms with E-state index in [1.54, 1.807) is 6.07 Å². The molecule has 8 nitrogen and oxygen atoms in total. The van der Waals surface area contributed by atoms with Gasteiger partial charge < -0.3 is 9.40 Å². The number of sulfone groups is 1. The summed E-state index contributed by atoms with van der Waals surface area (Å²) in [7, 11) is -1.45. The van der Waals surface area contributed by atoms with Crippen molar-refractivity contribution in [1.82, 2.24) is 14.3 Å². The van der Waals surface area contributed by atoms with E-state index in [0.29, 0.717) is 24.5 Å². The Bertz CT molecular complexity index is 1490. The number of nitriles is 1. The minimum Gasteiger partial charge on any atom is -0.413 e. The summed E-state index contributed by atoms with van der Waals surface area (Å²) in [5, 5.41) is 9.50. The van der Waals surface area contributed by atoms with Gasteiger partial charge in [0.15, 0.2) is 15.5 Å². The molecule has 0 N–H and O–H groups in total. The first-order valence-electron chi connectivity index (χ1n) is 9.93. The van der Waals surface area contributed by atoms with Crippen LogP contribution in [0.25, 0.3) is 22.4 Å². The lowest BCUT2D eigenvalue weighted by Crippen LogP contribution is -2.32. The molecule has 2 aromatic heterocycles. The molecule has 0 amide bonds. The molecule has 4 rings (SSSR count). The Balaban J connectivity index is 2.04. The molecule has 0 aliphatic heterocycles. The fraction of sp³-hybridized carbons (Fsp3) is 0.381. The second-order valence-corrected chi connectivity index (χ2v) is 10.1. The Kier molecular flexibility index (Phi) is 5.09. The molecule has 1 aromatic carbocycles. The van der Waals surface area contributed by atoms with E-state index in [9.17, 15) is 31.6 Å². The molecule has 33 heavy (non-hydrogen) atoms. The third-order valence-corrected chi connectivity index (χ3v) is 7.70. The quantitative estimate of drug-likeness (QED) is 0.556. The second kappa shape index (κ2) is 7.34. The molecule has 1 aliphatic rings. The van der Waals surface area contributed by atoms with Crippen molar-refractivity contribution in [3.05, 3.63) is 45.9 Å². The summed E-state index contributed by atoms with van der Waals surface area (Å²) in [5.74, 6) is -0.230. The van der Waals surface area contributed by atoms with Crippen LogP contribution in [0.15, 0.2) is 34.0 Å². The molecular formula is C21H19F3N4O4S. The lowest BCUT2D eigenvalue weighted by atomic mass is 9.96. The monoisotopic (exact) mass is 480 g/mol. The molecule has 0 atom stereocenters. The molecule has 0 unspecified atom stereocenters. The maximum absolute atomic E-state index is 13.5. The van der Waals surface area contributed by atoms with Crippen LogP contribution in [0.3, 0.4) is 0 Å². The van der Waals surface area contributed by atoms with Gasteiger partial charge in [0.05, 0.1) is 27.6 Å². The van der Waals surface area contributed by atoms with Crippen molar-refractivity contribution < 1.29 is 26.4 Å². The molecule has 1 fully saturated rings. The van der Waals surface area contributed by atoms with Gasteiger partial charge in [-0.15, -0.1) is 4.73 Å². The molecule has 0 saturated heterocycles. The molecule has 12 heteroatoms. The van der Waals surface area contributed by atoms with Crippen molar-refractivity contribution in [1.29, 1.82) is 5.26 Å². The van der Waals surface area contributed by atoms with Gasteiger partial charge in [0.25, 0.3) is 0 Å². The first-order valence-corrected chi connectivity index (χ1v) is 11.6. The molecule has 0 spiro atoms. The van der Waals surface area contributed by atoms with Crippen LogP contribution in [0.1, 0.15) is 31.0 Å². The van der Waals surface area contributed by atoms with Crippen LogP contribution in [0.5, 0.6) is 0 Å². The van der Waals surface area contributed by atoms with Gasteiger partial charge in [-0.2, -0.15) is 18.4 Å². The van der Waals surface area contributed by atoms with E-state index in [-0.39, 0.29) is 37.8 Å². The first-order chi connectivity index (χ1) is 15.4. The van der Waals surface area contributed by atoms with Gasteiger partial charge in [0.2, 0.25) is 0 Å². The maximum atomic E-state index is 13.5. The fourth-order valence-corrected chi connectivity index (χ4v) is 5.01. The third kappa shape index (κ3) is 3.47. The van der Waals surface area contributed by atoms with Crippen LogP contribution in [0.4, 0.5) is 13.2 Å². The van der Waals surface area contributed by atoms with Crippen LogP contribution in [0, 0.1) is 11.3 Å². The minimum atomic E-state index is -4.88. The zero-order valence-corrected chi connectivity index (χ0v) is 18.7. The maximum Gasteiger partial charge on any atom is 0.435 e. The number of imidazole rings is 1. The second-order valence-electron chi connectivity index (χ2n) is 7.85. The van der Waals surface area contributed by atoms with E-state index in [1.165, 1.54) is 30.7 Å². The SMILES string of the molecule is CCS(=O)(=O)c1cc(C2(C#N)CC2)ccc1-c1nc2cc(C(F)(F)F)n(OC)c(=O)c2n1C. The largest absolute Gasteiger partial charge is 0.435 e. The Hall–Kier alpha value is -3.33. The highest BCUT2D eigenvalue weighted by Crippen LogP contribution is 2.48. The summed E-state index contributed by atoms with van der Waals surface area (Å²) in [4.78, 5) is 21.6. The predicted octanol–water partition coefficient (Wildman–Crippen LogP) is 2.83. The topological polar surface area (TPSA) is 107 Å². The van der Waals surface area contributed by atoms with Gasteiger partial charge in [-0.05, 0) is 36.6 Å². The van der Waals surface area contributed by atoms with Gasteiger partial charge in [-0.25, -0.2) is 13.4 Å². The smallest absolute Gasteiger partial charge is 0.413 e. The number of pyridine rings is 1. The zero-order valence-electron chi connectivity index (χ0n) is 17.9. The highest BCUT2D eigenvalue weighted by Gasteiger charge is 2.45. The Morgan fingerprint density at radius 3 is 2.45 bits per heavy atom. The average Bonchev–Trinajstić information content (AvgIpc) is 3.50. The Labute approximate surface area is 186 Å². The van der Waals surface area contributed by atoms with Crippen LogP contribution in [-0.2, 0) is 28.5 Å². The van der Waals surface area contributed by atoms with Gasteiger partial charge in [0.1, 0.15) is 18.5 Å². The number of hydrogen-bond acceptors (Lipinski definition) is 6. The summed E-state index contributed by atoms with van der Waals surface area (Å²) < 4.78 is 67.6. The van der Waals surface area contributed by atoms with Gasteiger partial charge in [0, 0.05) is 12.6 Å². The van der Waals surface area contributed by atoms with E-state index in [1.807, 2.05) is 0 Å². The molecule has 0 bridgehead atoms. The number of benzene rings is 1. The highest BCUT2D eigenvalue weighted by atomic mass is 32.2. The number of nitrogens with zero attached hydrogens (tertiary/aromatic N) is 4. The standard InChI is InChI=1S/C21H19F3N4O4S/c1-4-33(30,31)15-9-12(20(11-25)7-8-20)5-6-13(15)18-26-14-10-16(21(22,23)24)28(32-3)19(29)17(14)27(18)2/h5-6,9-10H,4,7-8H2,1-3H3. The van der Waals surface area contributed by atoms with Gasteiger partial charge in [-0.3, -0.25) is 4.79 Å². The number of fused-ring (bicyclic) bond motifs is 1. The normalized spacial score (nSPS) is 15.4. The number of alkyl halides is 3. The van der Waals surface area contributed by atoms with Crippen molar-refractivity contribution in [3.63, 3.8) is 0 Å². The Morgan fingerprint density at radius 2 is 1.94 bits per heavy atom. The van der Waals surface area contributed by atoms with Crippen LogP contribution in [-0.4, -0.2) is 35.6 Å². The van der Waals surface area contributed by atoms with Gasteiger partial charge >= 0.3 is 11.7 Å². The van der Waals surface area contributed by atoms with Crippen molar-refractivity contribution >= 4 is 20.9 Å². The molecule has 1 saturated carbocycles. The lowest BCUT2D eigenvalue weighted by molar-refractivity contribution is -0.151. The summed E-state index contributed by atoms with van der Waals surface area (Å²) in [6.45, 7) is 1.46. The van der Waals surface area contributed by atoms with E-state index in [2.05, 4.69) is 15.9 Å². The number of halogens is 3. The molecule has 174 valence electrons. The van der Waals surface area contributed by atoms with E-state index >= 15 is 0 Å². The summed E-state index contributed by atoms with van der Waals surface area (Å²) in [6, 6.07) is 7.43. The van der Waals surface area contributed by atoms with Crippen LogP contribution >= 0.6 is 0 Å². The number of rotatable bonds is 5. The Morgan fingerprint density at radius 1 is 1.27 bits per heavy atom. The molecular weight excluding hydrogens is 461 g/mol. The highest BCUT2D eigenvalue weighted by molar-refractivity contribution is 7.91. The summed E-state index contributed by atoms with van der Waals surface area (Å²) in [6.07, 6.45) is -3.66. The molecule has 2 heterocycles. The first kappa shape index (κ1) is 22.8. The predicted molar refractivity (Wildman–Crippen MR) is 112 cm³/mol. The van der Waals surface area contributed by atoms with Crippen LogP contribution < -0.4 is 10.4 Å². The van der Waals surface area contributed by atoms with E-state index < -0.39 is 32.7 Å². The number of hydrogen-bond donors (Lipinski definition) is 0. The fourth-order valence-electron chi connectivity index (χ4n) is 3.89. The van der Waals surface area contributed by atoms with Crippen molar-refractivity contribution in [2.75, 3.05) is 12.9 Å². The van der Waals surface area contributed by atoms with Crippen molar-refractivity contribution in [2.24, 2.45) is 7.05 Å². The van der Waals surface area contributed by atoms with Crippen LogP contribution in [0.2, 0.25) is 0 Å². The van der Waals surface area contributed by atoms with E-state index in [4.69, 9.17) is 0 Å². The average molecular weight is 480 g/mol. The minimum absolute atomic E-state index is 0.00413. The summed E-state index contributed by atoms with van der Waals surface area (Å²) in [5.41, 5.74) is -2.91. The molecule has 3 aromatic rings. The van der Waals surface area contributed by atoms with E-state index in [0.717, 1.165) is 7.11 Å². The molecule has 0 radical (unpaired) electrons. The van der Waals surface area contributed by atoms with Crippen molar-refractivity contribution in [2.45, 2.75) is 36.3 Å². The molecule has 1 aliphatic carbocycles. The third-order valence-electron chi connectivity index (χ3n) is 5.93. The number of aryl methyl sites for hydroxylation is 1. The van der Waals surface area contributed by atoms with Crippen molar-refractivity contribution in [3.8, 4) is 17.5 Å².